The van der Waals surface area contributed by atoms with Crippen molar-refractivity contribution in [3.05, 3.63) is 93.4 Å². The van der Waals surface area contributed by atoms with Crippen LogP contribution in [0, 0.1) is 5.82 Å². The largest absolute Gasteiger partial charge is 0.345 e. The molecular weight excluding hydrogens is 411 g/mol. The number of carbonyl (C=O) groups excluding carboxylic acids is 2. The van der Waals surface area contributed by atoms with Gasteiger partial charge in [0.15, 0.2) is 0 Å². The van der Waals surface area contributed by atoms with E-state index in [1.807, 2.05) is 6.07 Å². The van der Waals surface area contributed by atoms with Crippen LogP contribution in [0.1, 0.15) is 27.0 Å². The number of nitrogens with zero attached hydrogens (tertiary/aromatic N) is 4. The van der Waals surface area contributed by atoms with Crippen molar-refractivity contribution < 1.29 is 14.0 Å². The molecule has 3 aromatic rings. The maximum absolute atomic E-state index is 13.4. The first-order valence-corrected chi connectivity index (χ1v) is 10.3. The standard InChI is InChI=1S/C24H23FN4O3/c1-27(2)23(31)22-20-9-11-28(21(30)12-16-4-3-10-26-13-16)14-17(20)15-29(24(22)32)19-7-5-18(25)6-8-19/h3-8,10,13,15H,9,11-12,14H2,1-2H3. The lowest BCUT2D eigenvalue weighted by molar-refractivity contribution is -0.131. The summed E-state index contributed by atoms with van der Waals surface area (Å²) in [5, 5.41) is 0. The number of amides is 2. The number of rotatable bonds is 4. The van der Waals surface area contributed by atoms with Crippen LogP contribution in [0.25, 0.3) is 5.69 Å². The molecule has 1 aliphatic rings. The maximum atomic E-state index is 13.4. The molecule has 0 saturated carbocycles. The van der Waals surface area contributed by atoms with Crippen molar-refractivity contribution >= 4 is 11.8 Å². The summed E-state index contributed by atoms with van der Waals surface area (Å²) in [5.74, 6) is -0.863. The number of benzene rings is 1. The topological polar surface area (TPSA) is 75.5 Å². The van der Waals surface area contributed by atoms with Crippen LogP contribution in [-0.4, -0.2) is 51.8 Å². The smallest absolute Gasteiger partial charge is 0.268 e. The first-order chi connectivity index (χ1) is 15.3. The predicted molar refractivity (Wildman–Crippen MR) is 117 cm³/mol. The van der Waals surface area contributed by atoms with Crippen LogP contribution >= 0.6 is 0 Å². The average Bonchev–Trinajstić information content (AvgIpc) is 2.79. The molecule has 164 valence electrons. The van der Waals surface area contributed by atoms with Crippen LogP contribution in [0.3, 0.4) is 0 Å². The third-order valence-electron chi connectivity index (χ3n) is 5.56. The minimum Gasteiger partial charge on any atom is -0.345 e. The molecule has 3 heterocycles. The van der Waals surface area contributed by atoms with Gasteiger partial charge in [-0.25, -0.2) is 4.39 Å². The van der Waals surface area contributed by atoms with Crippen molar-refractivity contribution in [2.45, 2.75) is 19.4 Å². The van der Waals surface area contributed by atoms with Gasteiger partial charge in [-0.1, -0.05) is 6.07 Å². The summed E-state index contributed by atoms with van der Waals surface area (Å²) in [6.45, 7) is 0.698. The minimum absolute atomic E-state index is 0.0522. The highest BCUT2D eigenvalue weighted by Crippen LogP contribution is 2.23. The highest BCUT2D eigenvalue weighted by atomic mass is 19.1. The first-order valence-electron chi connectivity index (χ1n) is 10.3. The van der Waals surface area contributed by atoms with Crippen molar-refractivity contribution in [2.24, 2.45) is 0 Å². The Kier molecular flexibility index (Phi) is 5.85. The zero-order valence-corrected chi connectivity index (χ0v) is 17.9. The van der Waals surface area contributed by atoms with Crippen LogP contribution in [-0.2, 0) is 24.2 Å². The molecular formula is C24H23FN4O3. The third kappa shape index (κ3) is 4.16. The Labute approximate surface area is 184 Å². The molecule has 1 aromatic carbocycles. The SMILES string of the molecule is CN(C)C(=O)c1c2c(cn(-c3ccc(F)cc3)c1=O)CN(C(=O)Cc1cccnc1)CC2. The molecule has 0 unspecified atom stereocenters. The van der Waals surface area contributed by atoms with Gasteiger partial charge in [-0.05, 0) is 53.4 Å². The van der Waals surface area contributed by atoms with Gasteiger partial charge in [-0.15, -0.1) is 0 Å². The highest BCUT2D eigenvalue weighted by Gasteiger charge is 2.29. The molecule has 0 atom stereocenters. The van der Waals surface area contributed by atoms with Gasteiger partial charge in [0, 0.05) is 51.5 Å². The molecule has 4 rings (SSSR count). The lowest BCUT2D eigenvalue weighted by Gasteiger charge is -2.31. The molecule has 7 nitrogen and oxygen atoms in total. The van der Waals surface area contributed by atoms with Gasteiger partial charge < -0.3 is 9.80 Å². The monoisotopic (exact) mass is 434 g/mol. The fraction of sp³-hybridized carbons (Fsp3) is 0.250. The second-order valence-corrected chi connectivity index (χ2v) is 7.96. The van der Waals surface area contributed by atoms with Crippen LogP contribution in [0.4, 0.5) is 4.39 Å². The van der Waals surface area contributed by atoms with Gasteiger partial charge in [0.05, 0.1) is 6.42 Å². The average molecular weight is 434 g/mol. The quantitative estimate of drug-likeness (QED) is 0.631. The van der Waals surface area contributed by atoms with Gasteiger partial charge in [0.2, 0.25) is 5.91 Å². The molecule has 0 bridgehead atoms. The fourth-order valence-electron chi connectivity index (χ4n) is 3.90. The molecule has 2 aromatic heterocycles. The van der Waals surface area contributed by atoms with E-state index in [4.69, 9.17) is 0 Å². The molecule has 32 heavy (non-hydrogen) atoms. The van der Waals surface area contributed by atoms with Crippen molar-refractivity contribution in [1.29, 1.82) is 0 Å². The van der Waals surface area contributed by atoms with Crippen molar-refractivity contribution in [3.8, 4) is 5.69 Å². The Balaban J connectivity index is 1.74. The van der Waals surface area contributed by atoms with Gasteiger partial charge in [0.25, 0.3) is 11.5 Å². The van der Waals surface area contributed by atoms with Crippen molar-refractivity contribution in [2.75, 3.05) is 20.6 Å². The third-order valence-corrected chi connectivity index (χ3v) is 5.56. The van der Waals surface area contributed by atoms with Crippen molar-refractivity contribution in [1.82, 2.24) is 19.4 Å². The van der Waals surface area contributed by atoms with E-state index >= 15 is 0 Å². The number of fused-ring (bicyclic) bond motifs is 1. The number of pyridine rings is 2. The van der Waals surface area contributed by atoms with E-state index in [0.29, 0.717) is 24.2 Å². The van der Waals surface area contributed by atoms with Crippen LogP contribution in [0.15, 0.2) is 59.8 Å². The molecule has 8 heteroatoms. The Bertz CT molecular complexity index is 1220. The predicted octanol–water partition coefficient (Wildman–Crippen LogP) is 2.20. The normalized spacial score (nSPS) is 12.9. The van der Waals surface area contributed by atoms with E-state index < -0.39 is 17.3 Å². The van der Waals surface area contributed by atoms with E-state index in [0.717, 1.165) is 11.1 Å². The number of halogens is 1. The molecule has 0 spiro atoms. The zero-order valence-electron chi connectivity index (χ0n) is 17.9. The summed E-state index contributed by atoms with van der Waals surface area (Å²) in [6, 6.07) is 9.14. The number of aromatic nitrogens is 2. The van der Waals surface area contributed by atoms with E-state index in [9.17, 15) is 18.8 Å². The molecule has 0 N–H and O–H groups in total. The summed E-state index contributed by atoms with van der Waals surface area (Å²) in [6.07, 6.45) is 5.60. The molecule has 0 fully saturated rings. The number of hydrogen-bond donors (Lipinski definition) is 0. The minimum atomic E-state index is -0.454. The molecule has 0 radical (unpaired) electrons. The fourth-order valence-corrected chi connectivity index (χ4v) is 3.90. The second-order valence-electron chi connectivity index (χ2n) is 7.96. The molecule has 0 aliphatic carbocycles. The van der Waals surface area contributed by atoms with E-state index in [-0.39, 0.29) is 24.4 Å². The molecule has 2 amide bonds. The summed E-state index contributed by atoms with van der Waals surface area (Å²) in [5.41, 5.74) is 2.30. The number of carbonyl (C=O) groups is 2. The highest BCUT2D eigenvalue weighted by molar-refractivity contribution is 5.95. The van der Waals surface area contributed by atoms with Crippen LogP contribution in [0.5, 0.6) is 0 Å². The molecule has 0 saturated heterocycles. The van der Waals surface area contributed by atoms with E-state index in [1.54, 1.807) is 43.7 Å². The Morgan fingerprint density at radius 2 is 1.91 bits per heavy atom. The Hall–Kier alpha value is -3.81. The summed E-state index contributed by atoms with van der Waals surface area (Å²) in [7, 11) is 3.19. The van der Waals surface area contributed by atoms with Gasteiger partial charge in [-0.3, -0.25) is 23.9 Å². The van der Waals surface area contributed by atoms with Crippen LogP contribution in [0.2, 0.25) is 0 Å². The van der Waals surface area contributed by atoms with Gasteiger partial charge in [-0.2, -0.15) is 0 Å². The lowest BCUT2D eigenvalue weighted by Crippen LogP contribution is -2.41. The lowest BCUT2D eigenvalue weighted by atomic mass is 9.95. The summed E-state index contributed by atoms with van der Waals surface area (Å²) >= 11 is 0. The first kappa shape index (κ1) is 21.4. The van der Waals surface area contributed by atoms with E-state index in [2.05, 4.69) is 4.98 Å². The number of hydrogen-bond acceptors (Lipinski definition) is 4. The van der Waals surface area contributed by atoms with Crippen molar-refractivity contribution in [3.63, 3.8) is 0 Å². The van der Waals surface area contributed by atoms with E-state index in [1.165, 1.54) is 33.7 Å². The Morgan fingerprint density at radius 1 is 1.16 bits per heavy atom. The second kappa shape index (κ2) is 8.74. The zero-order chi connectivity index (χ0) is 22.8. The summed E-state index contributed by atoms with van der Waals surface area (Å²) in [4.78, 5) is 46.2. The van der Waals surface area contributed by atoms with Crippen LogP contribution < -0.4 is 5.56 Å². The summed E-state index contributed by atoms with van der Waals surface area (Å²) < 4.78 is 14.8. The van der Waals surface area contributed by atoms with Gasteiger partial charge in [0.1, 0.15) is 11.4 Å². The van der Waals surface area contributed by atoms with Gasteiger partial charge >= 0.3 is 0 Å². The maximum Gasteiger partial charge on any atom is 0.268 e. The molecule has 1 aliphatic heterocycles. The Morgan fingerprint density at radius 3 is 2.56 bits per heavy atom.